The normalized spacial score (nSPS) is 11.7. The number of carbonyl (C=O) groups excluding carboxylic acids is 1. The van der Waals surface area contributed by atoms with Crippen LogP contribution in [0, 0.1) is 0 Å². The van der Waals surface area contributed by atoms with Gasteiger partial charge in [0.1, 0.15) is 29.0 Å². The fraction of sp³-hybridized carbons (Fsp3) is 0.0588. The molecule has 0 unspecified atom stereocenters. The van der Waals surface area contributed by atoms with E-state index in [4.69, 9.17) is 10.3 Å². The Kier molecular flexibility index (Phi) is 3.99. The number of nitrogens with two attached hydrogens (primary N) is 1. The molecule has 0 aliphatic carbocycles. The Hall–Kier alpha value is -3.89. The summed E-state index contributed by atoms with van der Waals surface area (Å²) in [6.07, 6.45) is -0.749. The predicted octanol–water partition coefficient (Wildman–Crippen LogP) is 3.24. The lowest BCUT2D eigenvalue weighted by atomic mass is 10.0. The lowest BCUT2D eigenvalue weighted by Gasteiger charge is -2.11. The molecule has 3 aromatic heterocycles. The summed E-state index contributed by atoms with van der Waals surface area (Å²) in [5, 5.41) is 10.1. The van der Waals surface area contributed by atoms with Gasteiger partial charge in [0.15, 0.2) is 5.65 Å². The zero-order chi connectivity index (χ0) is 19.9. The summed E-state index contributed by atoms with van der Waals surface area (Å²) in [6, 6.07) is 6.37. The maximum Gasteiger partial charge on any atom is 0.417 e. The Morgan fingerprint density at radius 3 is 2.79 bits per heavy atom. The van der Waals surface area contributed by atoms with Gasteiger partial charge in [-0.3, -0.25) is 4.79 Å². The summed E-state index contributed by atoms with van der Waals surface area (Å²) in [5.74, 6) is -0.464. The molecule has 4 aromatic rings. The number of carbonyl (C=O) groups is 1. The average molecular weight is 388 g/mol. The molecule has 8 nitrogen and oxygen atoms in total. The minimum Gasteiger partial charge on any atom is -0.384 e. The average Bonchev–Trinajstić information content (AvgIpc) is 3.27. The first-order valence-corrected chi connectivity index (χ1v) is 7.87. The van der Waals surface area contributed by atoms with E-state index in [1.165, 1.54) is 41.2 Å². The van der Waals surface area contributed by atoms with E-state index in [0.717, 1.165) is 12.3 Å². The van der Waals surface area contributed by atoms with E-state index >= 15 is 0 Å². The third-order valence-electron chi connectivity index (χ3n) is 3.94. The fourth-order valence-corrected chi connectivity index (χ4v) is 2.69. The fourth-order valence-electron chi connectivity index (χ4n) is 2.69. The van der Waals surface area contributed by atoms with Crippen molar-refractivity contribution in [2.75, 3.05) is 11.1 Å². The molecule has 1 amide bonds. The summed E-state index contributed by atoms with van der Waals surface area (Å²) in [7, 11) is 0. The van der Waals surface area contributed by atoms with Gasteiger partial charge in [0, 0.05) is 11.8 Å². The van der Waals surface area contributed by atoms with Crippen LogP contribution < -0.4 is 11.1 Å². The van der Waals surface area contributed by atoms with Gasteiger partial charge in [-0.1, -0.05) is 23.4 Å². The van der Waals surface area contributed by atoms with E-state index in [-0.39, 0.29) is 34.0 Å². The van der Waals surface area contributed by atoms with Gasteiger partial charge in [-0.15, -0.1) is 0 Å². The molecule has 3 heterocycles. The molecule has 0 radical (unpaired) electrons. The van der Waals surface area contributed by atoms with Crippen molar-refractivity contribution < 1.29 is 22.5 Å². The molecule has 0 saturated carbocycles. The number of fused-ring (bicyclic) bond motifs is 1. The first-order chi connectivity index (χ1) is 13.3. The Morgan fingerprint density at radius 1 is 1.21 bits per heavy atom. The zero-order valence-corrected chi connectivity index (χ0v) is 13.9. The second-order valence-electron chi connectivity index (χ2n) is 5.75. The maximum absolute atomic E-state index is 13.3. The van der Waals surface area contributed by atoms with Crippen LogP contribution in [0.25, 0.3) is 16.9 Å². The number of rotatable bonds is 3. The van der Waals surface area contributed by atoms with Crippen LogP contribution in [0.3, 0.4) is 0 Å². The number of nitrogens with zero attached hydrogens (tertiary/aromatic N) is 4. The van der Waals surface area contributed by atoms with Gasteiger partial charge >= 0.3 is 6.18 Å². The summed E-state index contributed by atoms with van der Waals surface area (Å²) in [5.41, 5.74) is 4.63. The summed E-state index contributed by atoms with van der Waals surface area (Å²) < 4.78 is 46.0. The number of benzene rings is 1. The molecule has 1 aromatic carbocycles. The Bertz CT molecular complexity index is 1180. The van der Waals surface area contributed by atoms with Crippen molar-refractivity contribution in [3.8, 4) is 11.3 Å². The Labute approximate surface area is 154 Å². The summed E-state index contributed by atoms with van der Waals surface area (Å²) in [6.45, 7) is 0. The van der Waals surface area contributed by atoms with Crippen molar-refractivity contribution in [3.05, 3.63) is 60.1 Å². The second kappa shape index (κ2) is 6.37. The lowest BCUT2D eigenvalue weighted by molar-refractivity contribution is -0.137. The monoisotopic (exact) mass is 388 g/mol. The third-order valence-corrected chi connectivity index (χ3v) is 3.94. The molecule has 0 saturated heterocycles. The molecular formula is C17H11F3N6O2. The van der Waals surface area contributed by atoms with E-state index in [9.17, 15) is 18.0 Å². The lowest BCUT2D eigenvalue weighted by Crippen LogP contribution is -2.13. The van der Waals surface area contributed by atoms with Crippen molar-refractivity contribution in [1.29, 1.82) is 0 Å². The van der Waals surface area contributed by atoms with Gasteiger partial charge in [0.05, 0.1) is 11.8 Å². The molecule has 28 heavy (non-hydrogen) atoms. The van der Waals surface area contributed by atoms with E-state index in [1.54, 1.807) is 0 Å². The van der Waals surface area contributed by atoms with Crippen LogP contribution in [0.15, 0.2) is 53.5 Å². The zero-order valence-electron chi connectivity index (χ0n) is 13.9. The highest BCUT2D eigenvalue weighted by Crippen LogP contribution is 2.38. The van der Waals surface area contributed by atoms with Crippen LogP contribution in [0.1, 0.15) is 15.9 Å². The van der Waals surface area contributed by atoms with Gasteiger partial charge in [-0.25, -0.2) is 9.50 Å². The molecule has 0 atom stereocenters. The van der Waals surface area contributed by atoms with E-state index in [2.05, 4.69) is 20.6 Å². The molecule has 0 bridgehead atoms. The van der Waals surface area contributed by atoms with Gasteiger partial charge in [0.2, 0.25) is 0 Å². The molecule has 3 N–H and O–H groups in total. The number of nitrogens with one attached hydrogen (secondary N) is 1. The topological polar surface area (TPSA) is 111 Å². The van der Waals surface area contributed by atoms with Crippen LogP contribution in [-0.4, -0.2) is 25.7 Å². The van der Waals surface area contributed by atoms with Crippen LogP contribution in [-0.2, 0) is 6.18 Å². The van der Waals surface area contributed by atoms with Crippen LogP contribution in [0.2, 0.25) is 0 Å². The number of hydrogen-bond donors (Lipinski definition) is 2. The Balaban J connectivity index is 1.71. The van der Waals surface area contributed by atoms with Crippen molar-refractivity contribution in [2.45, 2.75) is 6.18 Å². The standard InChI is InChI=1S/C17H11F3N6O2/c18-17(19,20)11-4-2-1-3-9(11)14-12(8-28-25-14)23-16(27)10-7-22-26-6-5-13(21)24-15(10)26/h1-8H,(H2,21,24)(H,23,27). The molecule has 0 aliphatic rings. The predicted molar refractivity (Wildman–Crippen MR) is 92.3 cm³/mol. The largest absolute Gasteiger partial charge is 0.417 e. The number of anilines is 2. The van der Waals surface area contributed by atoms with Crippen molar-refractivity contribution in [1.82, 2.24) is 19.8 Å². The molecule has 0 spiro atoms. The molecule has 0 aliphatic heterocycles. The van der Waals surface area contributed by atoms with Crippen LogP contribution in [0.4, 0.5) is 24.7 Å². The summed E-state index contributed by atoms with van der Waals surface area (Å²) in [4.78, 5) is 16.7. The Morgan fingerprint density at radius 2 is 2.00 bits per heavy atom. The van der Waals surface area contributed by atoms with Gasteiger partial charge in [0.25, 0.3) is 5.91 Å². The third kappa shape index (κ3) is 3.02. The second-order valence-corrected chi connectivity index (χ2v) is 5.75. The van der Waals surface area contributed by atoms with E-state index in [1.807, 2.05) is 0 Å². The molecular weight excluding hydrogens is 377 g/mol. The van der Waals surface area contributed by atoms with E-state index < -0.39 is 17.6 Å². The minimum atomic E-state index is -4.60. The molecule has 11 heteroatoms. The van der Waals surface area contributed by atoms with Crippen LogP contribution >= 0.6 is 0 Å². The smallest absolute Gasteiger partial charge is 0.384 e. The highest BCUT2D eigenvalue weighted by atomic mass is 19.4. The quantitative estimate of drug-likeness (QED) is 0.557. The highest BCUT2D eigenvalue weighted by molar-refractivity contribution is 6.09. The highest BCUT2D eigenvalue weighted by Gasteiger charge is 2.34. The van der Waals surface area contributed by atoms with Crippen molar-refractivity contribution in [2.24, 2.45) is 0 Å². The maximum atomic E-state index is 13.3. The van der Waals surface area contributed by atoms with Crippen molar-refractivity contribution >= 4 is 23.1 Å². The molecule has 4 rings (SSSR count). The van der Waals surface area contributed by atoms with Gasteiger partial charge in [-0.05, 0) is 12.1 Å². The number of aromatic nitrogens is 4. The van der Waals surface area contributed by atoms with Gasteiger partial charge in [-0.2, -0.15) is 18.3 Å². The molecule has 142 valence electrons. The molecule has 0 fully saturated rings. The van der Waals surface area contributed by atoms with Crippen LogP contribution in [0.5, 0.6) is 0 Å². The van der Waals surface area contributed by atoms with Gasteiger partial charge < -0.3 is 15.6 Å². The number of nitrogen functional groups attached to an aromatic ring is 1. The number of hydrogen-bond acceptors (Lipinski definition) is 6. The van der Waals surface area contributed by atoms with Crippen molar-refractivity contribution in [3.63, 3.8) is 0 Å². The number of amides is 1. The minimum absolute atomic E-state index is 0.0232. The number of halogens is 3. The van der Waals surface area contributed by atoms with E-state index in [0.29, 0.717) is 0 Å². The first-order valence-electron chi connectivity index (χ1n) is 7.87. The summed E-state index contributed by atoms with van der Waals surface area (Å²) >= 11 is 0. The first kappa shape index (κ1) is 17.5. The SMILES string of the molecule is Nc1ccn2ncc(C(=O)Nc3conc3-c3ccccc3C(F)(F)F)c2n1. The number of alkyl halides is 3.